The highest BCUT2D eigenvalue weighted by Crippen LogP contribution is 2.28. The highest BCUT2D eigenvalue weighted by molar-refractivity contribution is 9.10. The SMILES string of the molecule is Cl.O=C(CCOc1ccc(Cl)cc1Br)N1CCCNCC1. The van der Waals surface area contributed by atoms with E-state index in [1.807, 2.05) is 4.90 Å². The zero-order chi connectivity index (χ0) is 14.4. The summed E-state index contributed by atoms with van der Waals surface area (Å²) in [6.07, 6.45) is 1.41. The van der Waals surface area contributed by atoms with Gasteiger partial charge in [0.15, 0.2) is 0 Å². The summed E-state index contributed by atoms with van der Waals surface area (Å²) >= 11 is 9.25. The molecule has 1 heterocycles. The summed E-state index contributed by atoms with van der Waals surface area (Å²) in [4.78, 5) is 14.0. The van der Waals surface area contributed by atoms with Gasteiger partial charge in [-0.2, -0.15) is 0 Å². The van der Waals surface area contributed by atoms with E-state index >= 15 is 0 Å². The van der Waals surface area contributed by atoms with E-state index in [-0.39, 0.29) is 18.3 Å². The Morgan fingerprint density at radius 3 is 2.95 bits per heavy atom. The first kappa shape index (κ1) is 18.6. The summed E-state index contributed by atoms with van der Waals surface area (Å²) in [7, 11) is 0. The second-order valence-corrected chi connectivity index (χ2v) is 5.95. The van der Waals surface area contributed by atoms with Crippen LogP contribution in [-0.2, 0) is 4.79 Å². The van der Waals surface area contributed by atoms with E-state index in [9.17, 15) is 4.79 Å². The summed E-state index contributed by atoms with van der Waals surface area (Å²) in [6.45, 7) is 3.84. The number of hydrogen-bond acceptors (Lipinski definition) is 3. The molecule has 1 aromatic carbocycles. The number of ether oxygens (including phenoxy) is 1. The number of rotatable bonds is 4. The number of benzene rings is 1. The summed E-state index contributed by atoms with van der Waals surface area (Å²) in [6, 6.07) is 5.34. The van der Waals surface area contributed by atoms with Gasteiger partial charge in [0.25, 0.3) is 0 Å². The monoisotopic (exact) mass is 396 g/mol. The second kappa shape index (κ2) is 9.51. The molecule has 0 unspecified atom stereocenters. The van der Waals surface area contributed by atoms with E-state index in [1.165, 1.54) is 0 Å². The Hall–Kier alpha value is -0.490. The summed E-state index contributed by atoms with van der Waals surface area (Å²) in [5.74, 6) is 0.860. The molecule has 4 nitrogen and oxygen atoms in total. The van der Waals surface area contributed by atoms with Gasteiger partial charge >= 0.3 is 0 Å². The standard InChI is InChI=1S/C14H18BrClN2O2.ClH/c15-12-10-11(16)2-3-13(12)20-9-4-14(19)18-7-1-5-17-6-8-18;/h2-3,10,17H,1,4-9H2;1H. The number of nitrogens with one attached hydrogen (secondary N) is 1. The number of amides is 1. The van der Waals surface area contributed by atoms with E-state index in [4.69, 9.17) is 16.3 Å². The van der Waals surface area contributed by atoms with Crippen LogP contribution in [0.1, 0.15) is 12.8 Å². The first-order chi connectivity index (χ1) is 9.66. The molecule has 1 saturated heterocycles. The summed E-state index contributed by atoms with van der Waals surface area (Å²) < 4.78 is 6.42. The van der Waals surface area contributed by atoms with Crippen molar-refractivity contribution in [1.82, 2.24) is 10.2 Å². The van der Waals surface area contributed by atoms with Crippen molar-refractivity contribution in [2.45, 2.75) is 12.8 Å². The van der Waals surface area contributed by atoms with E-state index in [0.717, 1.165) is 37.1 Å². The van der Waals surface area contributed by atoms with Crippen LogP contribution in [-0.4, -0.2) is 43.6 Å². The van der Waals surface area contributed by atoms with Gasteiger partial charge < -0.3 is 15.0 Å². The van der Waals surface area contributed by atoms with Crippen LogP contribution in [0.15, 0.2) is 22.7 Å². The van der Waals surface area contributed by atoms with Crippen LogP contribution in [0.4, 0.5) is 0 Å². The molecule has 2 rings (SSSR count). The number of nitrogens with zero attached hydrogens (tertiary/aromatic N) is 1. The minimum absolute atomic E-state index is 0. The van der Waals surface area contributed by atoms with Gasteiger partial charge in [0.2, 0.25) is 5.91 Å². The maximum atomic E-state index is 12.1. The molecular formula is C14H19BrCl2N2O2. The molecule has 0 aromatic heterocycles. The van der Waals surface area contributed by atoms with Crippen molar-refractivity contribution in [2.24, 2.45) is 0 Å². The van der Waals surface area contributed by atoms with Gasteiger partial charge in [-0.25, -0.2) is 0 Å². The predicted molar refractivity (Wildman–Crippen MR) is 90.6 cm³/mol. The largest absolute Gasteiger partial charge is 0.492 e. The summed E-state index contributed by atoms with van der Waals surface area (Å²) in [5, 5.41) is 3.93. The smallest absolute Gasteiger partial charge is 0.226 e. The highest BCUT2D eigenvalue weighted by Gasteiger charge is 2.15. The number of carbonyl (C=O) groups excluding carboxylic acids is 1. The van der Waals surface area contributed by atoms with Crippen LogP contribution >= 0.6 is 39.9 Å². The van der Waals surface area contributed by atoms with Crippen LogP contribution in [0.5, 0.6) is 5.75 Å². The van der Waals surface area contributed by atoms with E-state index in [1.54, 1.807) is 18.2 Å². The lowest BCUT2D eigenvalue weighted by Crippen LogP contribution is -2.34. The molecule has 1 aromatic rings. The number of hydrogen-bond donors (Lipinski definition) is 1. The molecule has 1 aliphatic rings. The molecule has 21 heavy (non-hydrogen) atoms. The fraction of sp³-hybridized carbons (Fsp3) is 0.500. The van der Waals surface area contributed by atoms with Crippen molar-refractivity contribution < 1.29 is 9.53 Å². The fourth-order valence-electron chi connectivity index (χ4n) is 2.09. The Kier molecular flexibility index (Phi) is 8.41. The van der Waals surface area contributed by atoms with Crippen LogP contribution < -0.4 is 10.1 Å². The third kappa shape index (κ3) is 6.02. The van der Waals surface area contributed by atoms with Gasteiger partial charge in [0.1, 0.15) is 5.75 Å². The van der Waals surface area contributed by atoms with E-state index in [0.29, 0.717) is 23.8 Å². The lowest BCUT2D eigenvalue weighted by atomic mass is 10.3. The molecule has 0 spiro atoms. The van der Waals surface area contributed by atoms with Gasteiger partial charge in [-0.05, 0) is 47.1 Å². The molecule has 0 radical (unpaired) electrons. The molecule has 1 amide bonds. The van der Waals surface area contributed by atoms with Gasteiger partial charge in [0, 0.05) is 24.7 Å². The minimum Gasteiger partial charge on any atom is -0.492 e. The molecule has 1 aliphatic heterocycles. The molecule has 1 fully saturated rings. The molecule has 118 valence electrons. The number of carbonyl (C=O) groups is 1. The van der Waals surface area contributed by atoms with Crippen LogP contribution in [0.2, 0.25) is 5.02 Å². The van der Waals surface area contributed by atoms with Gasteiger partial charge in [-0.15, -0.1) is 12.4 Å². The molecule has 7 heteroatoms. The maximum Gasteiger partial charge on any atom is 0.226 e. The fourth-order valence-corrected chi connectivity index (χ4v) is 2.89. The van der Waals surface area contributed by atoms with Crippen LogP contribution in [0, 0.1) is 0 Å². The minimum atomic E-state index is 0. The summed E-state index contributed by atoms with van der Waals surface area (Å²) in [5.41, 5.74) is 0. The average Bonchev–Trinajstić information content (AvgIpc) is 2.70. The lowest BCUT2D eigenvalue weighted by molar-refractivity contribution is -0.131. The van der Waals surface area contributed by atoms with Gasteiger partial charge in [0.05, 0.1) is 17.5 Å². The predicted octanol–water partition coefficient (Wildman–Crippen LogP) is 3.12. The van der Waals surface area contributed by atoms with Crippen LogP contribution in [0.25, 0.3) is 0 Å². The normalized spacial score (nSPS) is 15.0. The Morgan fingerprint density at radius 1 is 1.38 bits per heavy atom. The zero-order valence-electron chi connectivity index (χ0n) is 11.6. The Balaban J connectivity index is 0.00000220. The van der Waals surface area contributed by atoms with Crippen molar-refractivity contribution in [1.29, 1.82) is 0 Å². The van der Waals surface area contributed by atoms with Crippen LogP contribution in [0.3, 0.4) is 0 Å². The number of halogens is 3. The molecular weight excluding hydrogens is 379 g/mol. The molecule has 0 aliphatic carbocycles. The molecule has 0 atom stereocenters. The zero-order valence-corrected chi connectivity index (χ0v) is 14.8. The Morgan fingerprint density at radius 2 is 2.19 bits per heavy atom. The molecule has 0 bridgehead atoms. The average molecular weight is 398 g/mol. The Bertz CT molecular complexity index is 466. The molecule has 0 saturated carbocycles. The maximum absolute atomic E-state index is 12.1. The van der Waals surface area contributed by atoms with Crippen molar-refractivity contribution in [2.75, 3.05) is 32.8 Å². The highest BCUT2D eigenvalue weighted by atomic mass is 79.9. The third-order valence-corrected chi connectivity index (χ3v) is 4.02. The quantitative estimate of drug-likeness (QED) is 0.848. The second-order valence-electron chi connectivity index (χ2n) is 4.66. The Labute approximate surface area is 144 Å². The third-order valence-electron chi connectivity index (χ3n) is 3.16. The van der Waals surface area contributed by atoms with E-state index < -0.39 is 0 Å². The first-order valence-electron chi connectivity index (χ1n) is 6.73. The first-order valence-corrected chi connectivity index (χ1v) is 7.90. The van der Waals surface area contributed by atoms with Gasteiger partial charge in [-0.3, -0.25) is 4.79 Å². The van der Waals surface area contributed by atoms with Crippen molar-refractivity contribution in [3.8, 4) is 5.75 Å². The van der Waals surface area contributed by atoms with Gasteiger partial charge in [-0.1, -0.05) is 11.6 Å². The van der Waals surface area contributed by atoms with Crippen molar-refractivity contribution in [3.05, 3.63) is 27.7 Å². The lowest BCUT2D eigenvalue weighted by Gasteiger charge is -2.20. The van der Waals surface area contributed by atoms with Crippen molar-refractivity contribution >= 4 is 45.8 Å². The van der Waals surface area contributed by atoms with Crippen molar-refractivity contribution in [3.63, 3.8) is 0 Å². The van der Waals surface area contributed by atoms with E-state index in [2.05, 4.69) is 21.2 Å². The molecule has 1 N–H and O–H groups in total. The topological polar surface area (TPSA) is 41.6 Å².